The molecule has 2 N–H and O–H groups in total. The van der Waals surface area contributed by atoms with Crippen LogP contribution in [0, 0.1) is 0 Å². The normalized spacial score (nSPS) is 17.7. The van der Waals surface area contributed by atoms with E-state index in [0.717, 1.165) is 37.5 Å². The number of hydrogen-bond donors (Lipinski definition) is 2. The number of benzene rings is 1. The van der Waals surface area contributed by atoms with Crippen LogP contribution >= 0.6 is 0 Å². The molecule has 1 aromatic carbocycles. The molecule has 2 rings (SSSR count). The van der Waals surface area contributed by atoms with Crippen LogP contribution in [0.5, 0.6) is 0 Å². The lowest BCUT2D eigenvalue weighted by atomic mass is 10.0. The van der Waals surface area contributed by atoms with Gasteiger partial charge in [-0.3, -0.25) is 4.99 Å². The van der Waals surface area contributed by atoms with E-state index in [0.29, 0.717) is 23.5 Å². The molecule has 1 aliphatic rings. The van der Waals surface area contributed by atoms with E-state index in [-0.39, 0.29) is 0 Å². The van der Waals surface area contributed by atoms with Crippen molar-refractivity contribution in [1.82, 2.24) is 15.5 Å². The van der Waals surface area contributed by atoms with Gasteiger partial charge in [0.2, 0.25) is 0 Å². The summed E-state index contributed by atoms with van der Waals surface area (Å²) < 4.78 is 23.0. The molecule has 0 atom stereocenters. The van der Waals surface area contributed by atoms with Gasteiger partial charge in [0.25, 0.3) is 0 Å². The molecule has 0 aromatic heterocycles. The largest absolute Gasteiger partial charge is 0.354 e. The second-order valence-electron chi connectivity index (χ2n) is 6.89. The molecule has 0 radical (unpaired) electrons. The molecule has 0 saturated carbocycles. The molecule has 1 aromatic rings. The zero-order chi connectivity index (χ0) is 18.4. The number of rotatable bonds is 5. The van der Waals surface area contributed by atoms with Gasteiger partial charge in [0.05, 0.1) is 4.90 Å². The van der Waals surface area contributed by atoms with Gasteiger partial charge >= 0.3 is 0 Å². The third kappa shape index (κ3) is 6.01. The Morgan fingerprint density at radius 1 is 1.24 bits per heavy atom. The first kappa shape index (κ1) is 19.7. The Morgan fingerprint density at radius 3 is 2.32 bits per heavy atom. The predicted octanol–water partition coefficient (Wildman–Crippen LogP) is 1.63. The highest BCUT2D eigenvalue weighted by Crippen LogP contribution is 2.13. The minimum absolute atomic E-state index is 0.343. The Balaban J connectivity index is 1.83. The van der Waals surface area contributed by atoms with E-state index < -0.39 is 9.84 Å². The van der Waals surface area contributed by atoms with Gasteiger partial charge in [-0.25, -0.2) is 8.42 Å². The highest BCUT2D eigenvalue weighted by Gasteiger charge is 2.21. The van der Waals surface area contributed by atoms with Crippen molar-refractivity contribution >= 4 is 15.8 Å². The van der Waals surface area contributed by atoms with Crippen molar-refractivity contribution in [3.05, 3.63) is 29.8 Å². The maximum Gasteiger partial charge on any atom is 0.191 e. The summed E-state index contributed by atoms with van der Waals surface area (Å²) in [5.74, 6) is 0.787. The monoisotopic (exact) mass is 366 g/mol. The summed E-state index contributed by atoms with van der Waals surface area (Å²) in [5.41, 5.74) is 1.02. The van der Waals surface area contributed by atoms with Gasteiger partial charge in [-0.1, -0.05) is 12.1 Å². The molecule has 0 unspecified atom stereocenters. The smallest absolute Gasteiger partial charge is 0.191 e. The Kier molecular flexibility index (Phi) is 6.84. The van der Waals surface area contributed by atoms with Gasteiger partial charge in [-0.2, -0.15) is 0 Å². The van der Waals surface area contributed by atoms with Crippen LogP contribution in [0.3, 0.4) is 0 Å². The quantitative estimate of drug-likeness (QED) is 0.612. The number of nitrogens with one attached hydrogen (secondary N) is 2. The van der Waals surface area contributed by atoms with E-state index in [9.17, 15) is 8.42 Å². The SMILES string of the molecule is CN=C(NCc1ccc(S(C)(=O)=O)cc1)NC1CCN(C(C)C)CC1. The van der Waals surface area contributed by atoms with E-state index in [1.165, 1.54) is 6.26 Å². The lowest BCUT2D eigenvalue weighted by Crippen LogP contribution is -2.49. The van der Waals surface area contributed by atoms with E-state index in [4.69, 9.17) is 0 Å². The molecule has 1 aliphatic heterocycles. The van der Waals surface area contributed by atoms with Gasteiger partial charge in [-0.15, -0.1) is 0 Å². The first-order valence-electron chi connectivity index (χ1n) is 8.80. The van der Waals surface area contributed by atoms with Crippen molar-refractivity contribution in [2.24, 2.45) is 4.99 Å². The minimum atomic E-state index is -3.15. The van der Waals surface area contributed by atoms with Gasteiger partial charge in [0, 0.05) is 45.0 Å². The van der Waals surface area contributed by atoms with Gasteiger partial charge in [-0.05, 0) is 44.4 Å². The highest BCUT2D eigenvalue weighted by atomic mass is 32.2. The summed E-state index contributed by atoms with van der Waals surface area (Å²) in [6, 6.07) is 7.99. The summed E-state index contributed by atoms with van der Waals surface area (Å²) in [7, 11) is -1.38. The molecular formula is C18H30N4O2S. The van der Waals surface area contributed by atoms with Crippen molar-refractivity contribution in [2.45, 2.75) is 50.2 Å². The lowest BCUT2D eigenvalue weighted by molar-refractivity contribution is 0.167. The Hall–Kier alpha value is -1.60. The number of hydrogen-bond acceptors (Lipinski definition) is 4. The predicted molar refractivity (Wildman–Crippen MR) is 103 cm³/mol. The summed E-state index contributed by atoms with van der Waals surface area (Å²) in [4.78, 5) is 7.13. The van der Waals surface area contributed by atoms with Gasteiger partial charge in [0.1, 0.15) is 0 Å². The molecule has 1 heterocycles. The van der Waals surface area contributed by atoms with Crippen LogP contribution in [0.2, 0.25) is 0 Å². The van der Waals surface area contributed by atoms with E-state index in [1.807, 2.05) is 12.1 Å². The maximum atomic E-state index is 11.5. The molecule has 0 bridgehead atoms. The van der Waals surface area contributed by atoms with E-state index in [2.05, 4.69) is 34.4 Å². The maximum absolute atomic E-state index is 11.5. The third-order valence-electron chi connectivity index (χ3n) is 4.64. The Morgan fingerprint density at radius 2 is 1.84 bits per heavy atom. The zero-order valence-corrected chi connectivity index (χ0v) is 16.4. The molecule has 140 valence electrons. The molecule has 0 aliphatic carbocycles. The minimum Gasteiger partial charge on any atom is -0.354 e. The standard InChI is InChI=1S/C18H30N4O2S/c1-14(2)22-11-9-16(10-12-22)21-18(19-3)20-13-15-5-7-17(8-6-15)25(4,23)24/h5-8,14,16H,9-13H2,1-4H3,(H2,19,20,21). The Labute approximate surface area is 151 Å². The van der Waals surface area contributed by atoms with Crippen LogP contribution in [-0.2, 0) is 16.4 Å². The topological polar surface area (TPSA) is 73.8 Å². The number of piperidine rings is 1. The summed E-state index contributed by atoms with van der Waals surface area (Å²) in [6.07, 6.45) is 3.44. The van der Waals surface area contributed by atoms with Crippen LogP contribution in [0.1, 0.15) is 32.3 Å². The number of guanidine groups is 1. The molecule has 1 fully saturated rings. The van der Waals surface area contributed by atoms with E-state index in [1.54, 1.807) is 19.2 Å². The van der Waals surface area contributed by atoms with Crippen LogP contribution < -0.4 is 10.6 Å². The van der Waals surface area contributed by atoms with Crippen molar-refractivity contribution < 1.29 is 8.42 Å². The van der Waals surface area contributed by atoms with Crippen molar-refractivity contribution in [2.75, 3.05) is 26.4 Å². The third-order valence-corrected chi connectivity index (χ3v) is 5.76. The molecule has 25 heavy (non-hydrogen) atoms. The van der Waals surface area contributed by atoms with Gasteiger partial charge < -0.3 is 15.5 Å². The second-order valence-corrected chi connectivity index (χ2v) is 8.91. The fourth-order valence-corrected chi connectivity index (χ4v) is 3.62. The van der Waals surface area contributed by atoms with Gasteiger partial charge in [0.15, 0.2) is 15.8 Å². The number of likely N-dealkylation sites (tertiary alicyclic amines) is 1. The van der Waals surface area contributed by atoms with Crippen molar-refractivity contribution in [3.8, 4) is 0 Å². The molecular weight excluding hydrogens is 336 g/mol. The highest BCUT2D eigenvalue weighted by molar-refractivity contribution is 7.90. The fraction of sp³-hybridized carbons (Fsp3) is 0.611. The molecule has 6 nitrogen and oxygen atoms in total. The molecule has 7 heteroatoms. The van der Waals surface area contributed by atoms with Crippen LogP contribution in [0.4, 0.5) is 0 Å². The number of nitrogens with zero attached hydrogens (tertiary/aromatic N) is 2. The van der Waals surface area contributed by atoms with E-state index >= 15 is 0 Å². The summed E-state index contributed by atoms with van der Waals surface area (Å²) in [5, 5.41) is 6.79. The summed E-state index contributed by atoms with van der Waals surface area (Å²) in [6.45, 7) is 7.31. The lowest BCUT2D eigenvalue weighted by Gasteiger charge is -2.35. The van der Waals surface area contributed by atoms with Crippen molar-refractivity contribution in [3.63, 3.8) is 0 Å². The average Bonchev–Trinajstić information content (AvgIpc) is 2.58. The van der Waals surface area contributed by atoms with Crippen LogP contribution in [0.25, 0.3) is 0 Å². The fourth-order valence-electron chi connectivity index (χ4n) is 2.99. The number of sulfone groups is 1. The first-order chi connectivity index (χ1) is 11.8. The van der Waals surface area contributed by atoms with Crippen LogP contribution in [-0.4, -0.2) is 57.8 Å². The molecule has 0 amide bonds. The zero-order valence-electron chi connectivity index (χ0n) is 15.6. The molecule has 1 saturated heterocycles. The van der Waals surface area contributed by atoms with Crippen molar-refractivity contribution in [1.29, 1.82) is 0 Å². The Bertz CT molecular complexity index is 676. The summed E-state index contributed by atoms with van der Waals surface area (Å²) >= 11 is 0. The van der Waals surface area contributed by atoms with Crippen LogP contribution in [0.15, 0.2) is 34.2 Å². The first-order valence-corrected chi connectivity index (χ1v) is 10.7. The number of aliphatic imine (C=N–C) groups is 1. The average molecular weight is 367 g/mol. The second kappa shape index (κ2) is 8.67. The molecule has 0 spiro atoms.